The molecular formula is C17H19N7O. The summed E-state index contributed by atoms with van der Waals surface area (Å²) in [6, 6.07) is 3.91. The summed E-state index contributed by atoms with van der Waals surface area (Å²) in [5, 5.41) is 0.969. The number of amides is 1. The van der Waals surface area contributed by atoms with Gasteiger partial charge in [-0.15, -0.1) is 0 Å². The smallest absolute Gasteiger partial charge is 0.220 e. The van der Waals surface area contributed by atoms with Crippen LogP contribution in [0.3, 0.4) is 0 Å². The number of hydrogen-bond donors (Lipinski definition) is 3. The van der Waals surface area contributed by atoms with Crippen LogP contribution < -0.4 is 16.4 Å². The molecule has 0 bridgehead atoms. The lowest BCUT2D eigenvalue weighted by molar-refractivity contribution is -0.118. The highest BCUT2D eigenvalue weighted by molar-refractivity contribution is 6.02. The summed E-state index contributed by atoms with van der Waals surface area (Å²) in [5.41, 5.74) is 14.6. The number of carbonyl (C=O) groups excluding carboxylic acids is 1. The van der Waals surface area contributed by atoms with Crippen molar-refractivity contribution in [1.82, 2.24) is 19.9 Å². The molecule has 1 amide bonds. The first-order valence-corrected chi connectivity index (χ1v) is 8.23. The molecule has 1 atom stereocenters. The topological polar surface area (TPSA) is 127 Å². The second kappa shape index (κ2) is 6.04. The summed E-state index contributed by atoms with van der Waals surface area (Å²) in [7, 11) is 0. The molecule has 4 rings (SSSR count). The Morgan fingerprint density at radius 3 is 2.96 bits per heavy atom. The van der Waals surface area contributed by atoms with Gasteiger partial charge in [-0.25, -0.2) is 15.0 Å². The van der Waals surface area contributed by atoms with Crippen LogP contribution in [0.4, 0.5) is 11.6 Å². The number of nitrogens with one attached hydrogen (secondary N) is 1. The van der Waals surface area contributed by atoms with Crippen LogP contribution in [0.2, 0.25) is 0 Å². The van der Waals surface area contributed by atoms with E-state index in [9.17, 15) is 4.79 Å². The Morgan fingerprint density at radius 2 is 2.16 bits per heavy atom. The van der Waals surface area contributed by atoms with Crippen molar-refractivity contribution in [1.29, 1.82) is 0 Å². The molecule has 1 aliphatic heterocycles. The van der Waals surface area contributed by atoms with Crippen molar-refractivity contribution >= 4 is 28.6 Å². The number of fused-ring (bicyclic) bond motifs is 1. The average molecular weight is 337 g/mol. The summed E-state index contributed by atoms with van der Waals surface area (Å²) in [5.74, 6) is -0.0508. The van der Waals surface area contributed by atoms with E-state index in [1.54, 1.807) is 12.4 Å². The van der Waals surface area contributed by atoms with Gasteiger partial charge in [0.2, 0.25) is 11.9 Å². The zero-order chi connectivity index (χ0) is 17.4. The fourth-order valence-electron chi connectivity index (χ4n) is 3.60. The number of anilines is 2. The van der Waals surface area contributed by atoms with Crippen molar-refractivity contribution in [2.75, 3.05) is 17.2 Å². The van der Waals surface area contributed by atoms with Crippen LogP contribution in [-0.4, -0.2) is 38.4 Å². The van der Waals surface area contributed by atoms with E-state index in [2.05, 4.69) is 24.8 Å². The molecule has 0 aromatic carbocycles. The number of aromatic nitrogens is 4. The van der Waals surface area contributed by atoms with Crippen molar-refractivity contribution in [3.63, 3.8) is 0 Å². The fourth-order valence-corrected chi connectivity index (χ4v) is 3.60. The molecule has 1 saturated heterocycles. The third kappa shape index (κ3) is 2.75. The number of pyridine rings is 1. The first-order valence-electron chi connectivity index (χ1n) is 8.23. The molecule has 0 aliphatic carbocycles. The van der Waals surface area contributed by atoms with Gasteiger partial charge in [0.1, 0.15) is 5.65 Å². The van der Waals surface area contributed by atoms with Gasteiger partial charge in [0.05, 0.1) is 16.8 Å². The zero-order valence-electron chi connectivity index (χ0n) is 13.6. The van der Waals surface area contributed by atoms with Crippen molar-refractivity contribution in [3.05, 3.63) is 30.7 Å². The molecule has 4 heterocycles. The fraction of sp³-hybridized carbons (Fsp3) is 0.294. The maximum atomic E-state index is 11.4. The van der Waals surface area contributed by atoms with E-state index < -0.39 is 0 Å². The molecule has 8 nitrogen and oxygen atoms in total. The van der Waals surface area contributed by atoms with E-state index in [4.69, 9.17) is 11.5 Å². The quantitative estimate of drug-likeness (QED) is 0.661. The number of nitrogens with two attached hydrogens (primary N) is 2. The third-order valence-electron chi connectivity index (χ3n) is 4.63. The number of primary amides is 1. The first-order chi connectivity index (χ1) is 12.1. The van der Waals surface area contributed by atoms with Gasteiger partial charge in [-0.1, -0.05) is 0 Å². The highest BCUT2D eigenvalue weighted by Gasteiger charge is 2.28. The standard InChI is InChI=1S/C17H19N7O/c18-14(25)8-10-2-1-7-24(10)13-4-6-20-16-15(13)11(9-22-16)12-3-5-21-17(19)23-12/h3-6,9-10H,1-2,7-8H2,(H2,18,25)(H,20,22)(H2,19,21,23). The number of hydrogen-bond acceptors (Lipinski definition) is 6. The predicted molar refractivity (Wildman–Crippen MR) is 95.7 cm³/mol. The molecule has 128 valence electrons. The van der Waals surface area contributed by atoms with Gasteiger partial charge in [-0.05, 0) is 25.0 Å². The predicted octanol–water partition coefficient (Wildman–Crippen LogP) is 1.45. The van der Waals surface area contributed by atoms with Gasteiger partial charge in [0.25, 0.3) is 0 Å². The largest absolute Gasteiger partial charge is 0.370 e. The van der Waals surface area contributed by atoms with Crippen LogP contribution in [0, 0.1) is 0 Å². The van der Waals surface area contributed by atoms with E-state index in [1.165, 1.54) is 0 Å². The summed E-state index contributed by atoms with van der Waals surface area (Å²) < 4.78 is 0. The molecule has 1 aliphatic rings. The maximum absolute atomic E-state index is 11.4. The summed E-state index contributed by atoms with van der Waals surface area (Å²) in [6.45, 7) is 0.883. The molecule has 1 fully saturated rings. The lowest BCUT2D eigenvalue weighted by Gasteiger charge is -2.27. The molecule has 3 aromatic rings. The molecule has 8 heteroatoms. The highest BCUT2D eigenvalue weighted by Crippen LogP contribution is 2.37. The molecule has 0 saturated carbocycles. The molecule has 5 N–H and O–H groups in total. The van der Waals surface area contributed by atoms with Crippen molar-refractivity contribution in [2.24, 2.45) is 5.73 Å². The summed E-state index contributed by atoms with van der Waals surface area (Å²) in [6.07, 6.45) is 7.62. The minimum atomic E-state index is -0.278. The van der Waals surface area contributed by atoms with E-state index in [0.29, 0.717) is 6.42 Å². The van der Waals surface area contributed by atoms with Gasteiger partial charge in [-0.3, -0.25) is 4.79 Å². The number of carbonyl (C=O) groups is 1. The first kappa shape index (κ1) is 15.4. The van der Waals surface area contributed by atoms with E-state index >= 15 is 0 Å². The number of H-pyrrole nitrogens is 1. The van der Waals surface area contributed by atoms with Crippen molar-refractivity contribution in [3.8, 4) is 11.3 Å². The SMILES string of the molecule is NC(=O)CC1CCCN1c1ccnc2[nH]cc(-c3ccnc(N)n3)c12. The molecule has 25 heavy (non-hydrogen) atoms. The normalized spacial score (nSPS) is 17.3. The van der Waals surface area contributed by atoms with Crippen molar-refractivity contribution in [2.45, 2.75) is 25.3 Å². The lowest BCUT2D eigenvalue weighted by atomic mass is 10.1. The van der Waals surface area contributed by atoms with Crippen LogP contribution in [0.1, 0.15) is 19.3 Å². The average Bonchev–Trinajstić information content (AvgIpc) is 3.20. The monoisotopic (exact) mass is 337 g/mol. The lowest BCUT2D eigenvalue weighted by Crippen LogP contribution is -2.33. The van der Waals surface area contributed by atoms with Crippen LogP contribution >= 0.6 is 0 Å². The van der Waals surface area contributed by atoms with E-state index in [1.807, 2.05) is 18.3 Å². The summed E-state index contributed by atoms with van der Waals surface area (Å²) >= 11 is 0. The highest BCUT2D eigenvalue weighted by atomic mass is 16.1. The van der Waals surface area contributed by atoms with Crippen LogP contribution in [0.15, 0.2) is 30.7 Å². The number of aromatic amines is 1. The van der Waals surface area contributed by atoms with Gasteiger partial charge in [0.15, 0.2) is 0 Å². The van der Waals surface area contributed by atoms with Gasteiger partial charge < -0.3 is 21.4 Å². The van der Waals surface area contributed by atoms with E-state index in [-0.39, 0.29) is 17.9 Å². The number of nitrogens with zero attached hydrogens (tertiary/aromatic N) is 4. The maximum Gasteiger partial charge on any atom is 0.220 e. The Morgan fingerprint density at radius 1 is 1.32 bits per heavy atom. The van der Waals surface area contributed by atoms with E-state index in [0.717, 1.165) is 47.4 Å². The second-order valence-corrected chi connectivity index (χ2v) is 6.22. The minimum Gasteiger partial charge on any atom is -0.370 e. The Labute approximate surface area is 144 Å². The van der Waals surface area contributed by atoms with Gasteiger partial charge >= 0.3 is 0 Å². The molecule has 1 unspecified atom stereocenters. The van der Waals surface area contributed by atoms with Crippen LogP contribution in [0.5, 0.6) is 0 Å². The number of rotatable bonds is 4. The van der Waals surface area contributed by atoms with Crippen LogP contribution in [0.25, 0.3) is 22.3 Å². The molecule has 3 aromatic heterocycles. The van der Waals surface area contributed by atoms with Crippen molar-refractivity contribution < 1.29 is 4.79 Å². The second-order valence-electron chi connectivity index (χ2n) is 6.22. The minimum absolute atomic E-state index is 0.112. The van der Waals surface area contributed by atoms with Gasteiger partial charge in [0, 0.05) is 43.2 Å². The molecular weight excluding hydrogens is 318 g/mol. The Bertz CT molecular complexity index is 936. The Balaban J connectivity index is 1.85. The molecule has 0 spiro atoms. The van der Waals surface area contributed by atoms with Crippen LogP contribution in [-0.2, 0) is 4.79 Å². The summed E-state index contributed by atoms with van der Waals surface area (Å²) in [4.78, 5) is 29.6. The zero-order valence-corrected chi connectivity index (χ0v) is 13.6. The van der Waals surface area contributed by atoms with Gasteiger partial charge in [-0.2, -0.15) is 0 Å². The Kier molecular flexibility index (Phi) is 3.72. The Hall–Kier alpha value is -3.16. The number of nitrogen functional groups attached to an aromatic ring is 1. The molecule has 0 radical (unpaired) electrons. The third-order valence-corrected chi connectivity index (χ3v) is 4.63.